The van der Waals surface area contributed by atoms with E-state index in [4.69, 9.17) is 5.73 Å². The highest BCUT2D eigenvalue weighted by atomic mass is 32.2. The highest BCUT2D eigenvalue weighted by molar-refractivity contribution is 7.90. The molecule has 0 aliphatic rings. The number of benzene rings is 1. The third kappa shape index (κ3) is 4.17. The van der Waals surface area contributed by atoms with Gasteiger partial charge in [0.05, 0.1) is 16.5 Å². The Kier molecular flexibility index (Phi) is 4.99. The van der Waals surface area contributed by atoms with Crippen LogP contribution in [0.15, 0.2) is 47.5 Å². The number of nitrogens with two attached hydrogens (primary N) is 1. The predicted molar refractivity (Wildman–Crippen MR) is 88.2 cm³/mol. The second kappa shape index (κ2) is 6.79. The molecule has 0 spiro atoms. The van der Waals surface area contributed by atoms with Gasteiger partial charge in [-0.25, -0.2) is 8.42 Å². The number of amides is 2. The molecule has 0 radical (unpaired) electrons. The van der Waals surface area contributed by atoms with Gasteiger partial charge in [0, 0.05) is 12.5 Å². The Morgan fingerprint density at radius 1 is 1.12 bits per heavy atom. The summed E-state index contributed by atoms with van der Waals surface area (Å²) in [5.74, 6) is -1.03. The van der Waals surface area contributed by atoms with E-state index in [1.807, 2.05) is 0 Å². The normalized spacial score (nSPS) is 12.4. The van der Waals surface area contributed by atoms with Gasteiger partial charge >= 0.3 is 0 Å². The van der Waals surface area contributed by atoms with Crippen molar-refractivity contribution in [2.45, 2.75) is 17.9 Å². The van der Waals surface area contributed by atoms with Crippen LogP contribution < -0.4 is 11.1 Å². The van der Waals surface area contributed by atoms with E-state index in [1.54, 1.807) is 19.1 Å². The molecule has 2 amide bonds. The molecule has 0 bridgehead atoms. The molecule has 2 rings (SSSR count). The molecule has 0 unspecified atom stereocenters. The number of carbonyl (C=O) groups excluding carboxylic acids is 2. The number of rotatable bonds is 5. The molecule has 1 aromatic heterocycles. The average molecular weight is 347 g/mol. The summed E-state index contributed by atoms with van der Waals surface area (Å²) in [6.45, 7) is 1.78. The molecule has 0 aliphatic carbocycles. The molecule has 0 aliphatic heterocycles. The molecule has 1 aromatic carbocycles. The summed E-state index contributed by atoms with van der Waals surface area (Å²) >= 11 is 0. The SMILES string of the molecule is C[C@@H](NC(=O)c1ccc(C(N)=O)nc1)c1ccc(S(C)(=O)=O)cc1. The Balaban J connectivity index is 2.09. The molecule has 24 heavy (non-hydrogen) atoms. The van der Waals surface area contributed by atoms with Crippen LogP contribution in [0.3, 0.4) is 0 Å². The van der Waals surface area contributed by atoms with Crippen LogP contribution in [0.25, 0.3) is 0 Å². The number of sulfone groups is 1. The number of carbonyl (C=O) groups is 2. The van der Waals surface area contributed by atoms with Crippen LogP contribution in [-0.4, -0.2) is 31.5 Å². The van der Waals surface area contributed by atoms with E-state index in [2.05, 4.69) is 10.3 Å². The highest BCUT2D eigenvalue weighted by Crippen LogP contribution is 2.16. The maximum absolute atomic E-state index is 12.2. The minimum atomic E-state index is -3.26. The number of aromatic nitrogens is 1. The van der Waals surface area contributed by atoms with E-state index in [-0.39, 0.29) is 22.5 Å². The number of nitrogens with one attached hydrogen (secondary N) is 1. The molecular weight excluding hydrogens is 330 g/mol. The standard InChI is InChI=1S/C16H17N3O4S/c1-10(11-3-6-13(7-4-11)24(2,22)23)19-16(21)12-5-8-14(15(17)20)18-9-12/h3-10H,1-2H3,(H2,17,20)(H,19,21)/t10-/m1/s1. The lowest BCUT2D eigenvalue weighted by Crippen LogP contribution is -2.27. The van der Waals surface area contributed by atoms with Crippen molar-refractivity contribution in [3.05, 3.63) is 59.4 Å². The number of nitrogens with zero attached hydrogens (tertiary/aromatic N) is 1. The molecule has 0 saturated carbocycles. The molecule has 1 heterocycles. The Morgan fingerprint density at radius 2 is 1.75 bits per heavy atom. The van der Waals surface area contributed by atoms with Crippen molar-refractivity contribution >= 4 is 21.7 Å². The van der Waals surface area contributed by atoms with Gasteiger partial charge in [0.2, 0.25) is 0 Å². The zero-order valence-corrected chi connectivity index (χ0v) is 14.0. The molecule has 2 aromatic rings. The van der Waals surface area contributed by atoms with Crippen molar-refractivity contribution in [3.63, 3.8) is 0 Å². The lowest BCUT2D eigenvalue weighted by molar-refractivity contribution is 0.0936. The van der Waals surface area contributed by atoms with Crippen LogP contribution in [-0.2, 0) is 9.84 Å². The van der Waals surface area contributed by atoms with Crippen molar-refractivity contribution < 1.29 is 18.0 Å². The first-order valence-electron chi connectivity index (χ1n) is 7.05. The topological polar surface area (TPSA) is 119 Å². The summed E-state index contributed by atoms with van der Waals surface area (Å²) in [4.78, 5) is 27.2. The first-order valence-corrected chi connectivity index (χ1v) is 8.94. The maximum Gasteiger partial charge on any atom is 0.267 e. The first kappa shape index (κ1) is 17.6. The predicted octanol–water partition coefficient (Wildman–Crippen LogP) is 1.07. The van der Waals surface area contributed by atoms with Gasteiger partial charge in [-0.1, -0.05) is 12.1 Å². The van der Waals surface area contributed by atoms with Gasteiger partial charge in [-0.05, 0) is 36.8 Å². The Bertz CT molecular complexity index is 859. The van der Waals surface area contributed by atoms with Gasteiger partial charge in [-0.15, -0.1) is 0 Å². The summed E-state index contributed by atoms with van der Waals surface area (Å²) in [6.07, 6.45) is 2.41. The summed E-state index contributed by atoms with van der Waals surface area (Å²) in [7, 11) is -3.26. The summed E-state index contributed by atoms with van der Waals surface area (Å²) in [5, 5.41) is 2.77. The van der Waals surface area contributed by atoms with Crippen LogP contribution in [0.5, 0.6) is 0 Å². The Morgan fingerprint density at radius 3 is 2.21 bits per heavy atom. The first-order chi connectivity index (χ1) is 11.2. The van der Waals surface area contributed by atoms with Gasteiger partial charge in [-0.2, -0.15) is 0 Å². The van der Waals surface area contributed by atoms with Crippen LogP contribution in [0, 0.1) is 0 Å². The highest BCUT2D eigenvalue weighted by Gasteiger charge is 2.14. The second-order valence-corrected chi connectivity index (χ2v) is 7.35. The van der Waals surface area contributed by atoms with Crippen molar-refractivity contribution in [1.82, 2.24) is 10.3 Å². The molecule has 8 heteroatoms. The minimum absolute atomic E-state index is 0.0796. The van der Waals surface area contributed by atoms with Gasteiger partial charge in [0.1, 0.15) is 5.69 Å². The Labute approximate surface area is 139 Å². The summed E-state index contributed by atoms with van der Waals surface area (Å²) < 4.78 is 22.9. The number of hydrogen-bond acceptors (Lipinski definition) is 5. The van der Waals surface area contributed by atoms with Crippen LogP contribution in [0.2, 0.25) is 0 Å². The summed E-state index contributed by atoms with van der Waals surface area (Å²) in [6, 6.07) is 8.80. The van der Waals surface area contributed by atoms with E-state index < -0.39 is 15.7 Å². The quantitative estimate of drug-likeness (QED) is 0.838. The molecule has 7 nitrogen and oxygen atoms in total. The molecular formula is C16H17N3O4S. The summed E-state index contributed by atoms with van der Waals surface area (Å²) in [5.41, 5.74) is 6.23. The van der Waals surface area contributed by atoms with Crippen LogP contribution in [0.1, 0.15) is 39.4 Å². The fraction of sp³-hybridized carbons (Fsp3) is 0.188. The molecule has 126 valence electrons. The van der Waals surface area contributed by atoms with Crippen molar-refractivity contribution in [2.75, 3.05) is 6.26 Å². The fourth-order valence-corrected chi connectivity index (χ4v) is 2.67. The monoisotopic (exact) mass is 347 g/mol. The zero-order chi connectivity index (χ0) is 17.9. The third-order valence-electron chi connectivity index (χ3n) is 3.43. The van der Waals surface area contributed by atoms with Crippen molar-refractivity contribution in [3.8, 4) is 0 Å². The minimum Gasteiger partial charge on any atom is -0.364 e. The van der Waals surface area contributed by atoms with Crippen molar-refractivity contribution in [2.24, 2.45) is 5.73 Å². The van der Waals surface area contributed by atoms with E-state index in [1.165, 1.54) is 30.5 Å². The second-order valence-electron chi connectivity index (χ2n) is 5.33. The average Bonchev–Trinajstić information content (AvgIpc) is 2.54. The molecule has 0 fully saturated rings. The van der Waals surface area contributed by atoms with E-state index in [0.29, 0.717) is 5.56 Å². The Hall–Kier alpha value is -2.74. The lowest BCUT2D eigenvalue weighted by atomic mass is 10.1. The van der Waals surface area contributed by atoms with Gasteiger partial charge < -0.3 is 11.1 Å². The third-order valence-corrected chi connectivity index (χ3v) is 4.56. The van der Waals surface area contributed by atoms with Gasteiger partial charge in [-0.3, -0.25) is 14.6 Å². The van der Waals surface area contributed by atoms with E-state index >= 15 is 0 Å². The zero-order valence-electron chi connectivity index (χ0n) is 13.2. The molecule has 0 saturated heterocycles. The smallest absolute Gasteiger partial charge is 0.267 e. The van der Waals surface area contributed by atoms with Crippen LogP contribution in [0.4, 0.5) is 0 Å². The van der Waals surface area contributed by atoms with Crippen molar-refractivity contribution in [1.29, 1.82) is 0 Å². The van der Waals surface area contributed by atoms with E-state index in [0.717, 1.165) is 11.8 Å². The molecule has 1 atom stereocenters. The lowest BCUT2D eigenvalue weighted by Gasteiger charge is -2.14. The van der Waals surface area contributed by atoms with Crippen LogP contribution >= 0.6 is 0 Å². The number of primary amides is 1. The fourth-order valence-electron chi connectivity index (χ4n) is 2.04. The van der Waals surface area contributed by atoms with Gasteiger partial charge in [0.15, 0.2) is 9.84 Å². The maximum atomic E-state index is 12.2. The molecule has 3 N–H and O–H groups in total. The van der Waals surface area contributed by atoms with E-state index in [9.17, 15) is 18.0 Å². The van der Waals surface area contributed by atoms with Gasteiger partial charge in [0.25, 0.3) is 11.8 Å². The largest absolute Gasteiger partial charge is 0.364 e. The number of hydrogen-bond donors (Lipinski definition) is 2. The number of pyridine rings is 1.